The van der Waals surface area contributed by atoms with Gasteiger partial charge < -0.3 is 10.3 Å². The molecule has 1 aromatic rings. The topological polar surface area (TPSA) is 60.0 Å². The molecule has 5 heteroatoms. The summed E-state index contributed by atoms with van der Waals surface area (Å²) in [7, 11) is 0. The first-order valence-corrected chi connectivity index (χ1v) is 7.19. The van der Waals surface area contributed by atoms with Crippen LogP contribution in [-0.2, 0) is 13.1 Å². The van der Waals surface area contributed by atoms with Crippen molar-refractivity contribution >= 4 is 0 Å². The Labute approximate surface area is 108 Å². The quantitative estimate of drug-likeness (QED) is 0.868. The molecule has 1 unspecified atom stereocenters. The van der Waals surface area contributed by atoms with Crippen molar-refractivity contribution in [2.45, 2.75) is 51.2 Å². The second kappa shape index (κ2) is 5.36. The van der Waals surface area contributed by atoms with Crippen LogP contribution < -0.4 is 5.73 Å². The number of hydrogen-bond acceptors (Lipinski definition) is 4. The molecule has 1 aliphatic heterocycles. The van der Waals surface area contributed by atoms with E-state index in [0.717, 1.165) is 37.9 Å². The highest BCUT2D eigenvalue weighted by Crippen LogP contribution is 2.30. The van der Waals surface area contributed by atoms with Gasteiger partial charge in [-0.1, -0.05) is 19.3 Å². The average molecular weight is 249 g/mol. The molecule has 1 atom stereocenters. The Balaban J connectivity index is 1.69. The van der Waals surface area contributed by atoms with Crippen LogP contribution >= 0.6 is 0 Å². The fraction of sp³-hybridized carbons (Fsp3) is 0.846. The summed E-state index contributed by atoms with van der Waals surface area (Å²) in [5, 5.41) is 8.19. The van der Waals surface area contributed by atoms with E-state index >= 15 is 0 Å². The molecule has 0 amide bonds. The third kappa shape index (κ3) is 2.29. The predicted molar refractivity (Wildman–Crippen MR) is 69.8 cm³/mol. The second-order valence-electron chi connectivity index (χ2n) is 5.61. The maximum Gasteiger partial charge on any atom is 0.147 e. The van der Waals surface area contributed by atoms with Gasteiger partial charge in [-0.05, 0) is 18.8 Å². The van der Waals surface area contributed by atoms with Crippen LogP contribution in [0.15, 0.2) is 6.33 Å². The van der Waals surface area contributed by atoms with E-state index < -0.39 is 0 Å². The van der Waals surface area contributed by atoms with Gasteiger partial charge in [0.15, 0.2) is 0 Å². The van der Waals surface area contributed by atoms with Crippen LogP contribution in [-0.4, -0.2) is 38.8 Å². The Kier molecular flexibility index (Phi) is 3.61. The van der Waals surface area contributed by atoms with Crippen LogP contribution in [0.5, 0.6) is 0 Å². The smallest absolute Gasteiger partial charge is 0.147 e. The molecule has 100 valence electrons. The van der Waals surface area contributed by atoms with Gasteiger partial charge >= 0.3 is 0 Å². The van der Waals surface area contributed by atoms with Crippen LogP contribution in [0.4, 0.5) is 0 Å². The lowest BCUT2D eigenvalue weighted by molar-refractivity contribution is 0.0934. The molecule has 0 bridgehead atoms. The monoisotopic (exact) mass is 249 g/mol. The number of rotatable bonds is 3. The van der Waals surface area contributed by atoms with E-state index in [0.29, 0.717) is 6.04 Å². The molecule has 1 saturated carbocycles. The van der Waals surface area contributed by atoms with Gasteiger partial charge in [-0.25, -0.2) is 0 Å². The van der Waals surface area contributed by atoms with E-state index in [1.165, 1.54) is 32.1 Å². The molecule has 18 heavy (non-hydrogen) atoms. The Bertz CT molecular complexity index is 382. The number of hydrogen-bond donors (Lipinski definition) is 1. The van der Waals surface area contributed by atoms with Gasteiger partial charge in [-0.15, -0.1) is 10.2 Å². The molecule has 5 nitrogen and oxygen atoms in total. The summed E-state index contributed by atoms with van der Waals surface area (Å²) in [5.74, 6) is 1.88. The van der Waals surface area contributed by atoms with Gasteiger partial charge in [-0.2, -0.15) is 0 Å². The highest BCUT2D eigenvalue weighted by molar-refractivity contribution is 4.93. The summed E-state index contributed by atoms with van der Waals surface area (Å²) in [5.41, 5.74) is 6.05. The van der Waals surface area contributed by atoms with E-state index in [1.54, 1.807) is 0 Å². The lowest BCUT2D eigenvalue weighted by Gasteiger charge is -2.39. The number of aromatic nitrogens is 3. The molecule has 1 aliphatic carbocycles. The third-order valence-electron chi connectivity index (χ3n) is 4.57. The van der Waals surface area contributed by atoms with Gasteiger partial charge in [-0.3, -0.25) is 4.90 Å². The fourth-order valence-corrected chi connectivity index (χ4v) is 3.53. The minimum absolute atomic E-state index is 0.538. The van der Waals surface area contributed by atoms with Gasteiger partial charge in [0.1, 0.15) is 12.2 Å². The van der Waals surface area contributed by atoms with Crippen LogP contribution in [0.25, 0.3) is 0 Å². The molecule has 2 aliphatic rings. The average Bonchev–Trinajstić information content (AvgIpc) is 2.88. The summed E-state index contributed by atoms with van der Waals surface area (Å²) in [6, 6.07) is 0.538. The van der Waals surface area contributed by atoms with Crippen molar-refractivity contribution in [3.8, 4) is 0 Å². The van der Waals surface area contributed by atoms with E-state index in [2.05, 4.69) is 19.7 Å². The van der Waals surface area contributed by atoms with Crippen LogP contribution in [0.1, 0.15) is 37.9 Å². The molecule has 0 radical (unpaired) electrons. The Morgan fingerprint density at radius 3 is 2.89 bits per heavy atom. The van der Waals surface area contributed by atoms with E-state index in [4.69, 9.17) is 5.73 Å². The molecule has 0 saturated heterocycles. The third-order valence-corrected chi connectivity index (χ3v) is 4.57. The van der Waals surface area contributed by atoms with Crippen molar-refractivity contribution in [1.82, 2.24) is 19.7 Å². The molecular formula is C13H23N5. The standard InChI is InChI=1S/C13H23N5/c14-8-12(11-4-2-1-3-5-11)17-6-7-18-10-15-16-13(18)9-17/h10-12H,1-9,14H2. The predicted octanol–water partition coefficient (Wildman–Crippen LogP) is 1.00. The van der Waals surface area contributed by atoms with Crippen molar-refractivity contribution in [3.63, 3.8) is 0 Å². The summed E-state index contributed by atoms with van der Waals surface area (Å²) in [4.78, 5) is 2.53. The largest absolute Gasteiger partial charge is 0.329 e. The lowest BCUT2D eigenvalue weighted by Crippen LogP contribution is -2.49. The SMILES string of the molecule is NCC(C1CCCCC1)N1CCn2cnnc2C1. The van der Waals surface area contributed by atoms with E-state index in [1.807, 2.05) is 6.33 Å². The maximum absolute atomic E-state index is 6.05. The van der Waals surface area contributed by atoms with Gasteiger partial charge in [0, 0.05) is 25.7 Å². The van der Waals surface area contributed by atoms with E-state index in [-0.39, 0.29) is 0 Å². The Morgan fingerprint density at radius 2 is 2.11 bits per heavy atom. The number of fused-ring (bicyclic) bond motifs is 1. The summed E-state index contributed by atoms with van der Waals surface area (Å²) in [6.07, 6.45) is 8.71. The fourth-order valence-electron chi connectivity index (χ4n) is 3.53. The zero-order valence-electron chi connectivity index (χ0n) is 11.0. The zero-order valence-corrected chi connectivity index (χ0v) is 11.0. The highest BCUT2D eigenvalue weighted by Gasteiger charge is 2.30. The zero-order chi connectivity index (χ0) is 12.4. The summed E-state index contributed by atoms with van der Waals surface area (Å²) >= 11 is 0. The first-order valence-electron chi connectivity index (χ1n) is 7.19. The van der Waals surface area contributed by atoms with Gasteiger partial charge in [0.05, 0.1) is 6.54 Å². The molecule has 2 N–H and O–H groups in total. The van der Waals surface area contributed by atoms with Crippen LogP contribution in [0.2, 0.25) is 0 Å². The van der Waals surface area contributed by atoms with Crippen molar-refractivity contribution in [3.05, 3.63) is 12.2 Å². The van der Waals surface area contributed by atoms with Crippen LogP contribution in [0, 0.1) is 5.92 Å². The minimum Gasteiger partial charge on any atom is -0.329 e. The molecule has 3 rings (SSSR count). The normalized spacial score (nSPS) is 23.8. The second-order valence-corrected chi connectivity index (χ2v) is 5.61. The molecule has 2 heterocycles. The minimum atomic E-state index is 0.538. The Hall–Kier alpha value is -0.940. The molecule has 1 aromatic heterocycles. The van der Waals surface area contributed by atoms with Crippen molar-refractivity contribution < 1.29 is 0 Å². The van der Waals surface area contributed by atoms with Gasteiger partial charge in [0.25, 0.3) is 0 Å². The first-order chi connectivity index (χ1) is 8.88. The van der Waals surface area contributed by atoms with Crippen molar-refractivity contribution in [2.24, 2.45) is 11.7 Å². The molecule has 0 aromatic carbocycles. The molecule has 0 spiro atoms. The van der Waals surface area contributed by atoms with Crippen molar-refractivity contribution in [1.29, 1.82) is 0 Å². The van der Waals surface area contributed by atoms with Gasteiger partial charge in [0.2, 0.25) is 0 Å². The lowest BCUT2D eigenvalue weighted by atomic mass is 9.83. The molecular weight excluding hydrogens is 226 g/mol. The van der Waals surface area contributed by atoms with E-state index in [9.17, 15) is 0 Å². The number of nitrogens with two attached hydrogens (primary N) is 1. The number of nitrogens with zero attached hydrogens (tertiary/aromatic N) is 4. The molecule has 1 fully saturated rings. The first kappa shape index (κ1) is 12.1. The summed E-state index contributed by atoms with van der Waals surface area (Å²) < 4.78 is 2.16. The van der Waals surface area contributed by atoms with Crippen molar-refractivity contribution in [2.75, 3.05) is 13.1 Å². The van der Waals surface area contributed by atoms with Crippen LogP contribution in [0.3, 0.4) is 0 Å². The Morgan fingerprint density at radius 1 is 1.28 bits per heavy atom. The maximum atomic E-state index is 6.05. The summed E-state index contributed by atoms with van der Waals surface area (Å²) in [6.45, 7) is 3.78. The highest BCUT2D eigenvalue weighted by atomic mass is 15.3.